The Morgan fingerprint density at radius 2 is 1.79 bits per heavy atom. The fraction of sp³-hybridized carbons (Fsp3) is 0.588. The van der Waals surface area contributed by atoms with Crippen molar-refractivity contribution in [3.8, 4) is 6.07 Å². The van der Waals surface area contributed by atoms with Gasteiger partial charge in [-0.25, -0.2) is 0 Å². The molecule has 104 valence electrons. The maximum Gasteiger partial charge on any atom is 0.0991 e. The van der Waals surface area contributed by atoms with Gasteiger partial charge >= 0.3 is 0 Å². The van der Waals surface area contributed by atoms with Crippen molar-refractivity contribution in [1.82, 2.24) is 5.32 Å². The van der Waals surface area contributed by atoms with E-state index < -0.39 is 0 Å². The Labute approximate surface area is 117 Å². The minimum atomic E-state index is 0.567. The van der Waals surface area contributed by atoms with E-state index in [1.165, 1.54) is 44.1 Å². The molecule has 1 atom stereocenters. The molecule has 1 aromatic rings. The highest BCUT2D eigenvalue weighted by molar-refractivity contribution is 5.31. The Balaban J connectivity index is 2.15. The monoisotopic (exact) mass is 258 g/mol. The van der Waals surface area contributed by atoms with E-state index in [9.17, 15) is 0 Å². The summed E-state index contributed by atoms with van der Waals surface area (Å²) in [6.07, 6.45) is 7.98. The number of hydrogen-bond donors (Lipinski definition) is 1. The highest BCUT2D eigenvalue weighted by Crippen LogP contribution is 2.08. The highest BCUT2D eigenvalue weighted by atomic mass is 14.9. The molecule has 0 aliphatic heterocycles. The molecule has 2 nitrogen and oxygen atoms in total. The number of nitrogens with zero attached hydrogens (tertiary/aromatic N) is 1. The van der Waals surface area contributed by atoms with Crippen molar-refractivity contribution in [2.45, 2.75) is 65.0 Å². The van der Waals surface area contributed by atoms with Crippen molar-refractivity contribution in [2.75, 3.05) is 0 Å². The molecule has 1 N–H and O–H groups in total. The fourth-order valence-corrected chi connectivity index (χ4v) is 2.15. The number of nitrogens with one attached hydrogen (secondary N) is 1. The SMILES string of the molecule is CCCCCCCC(C)NCc1ccc(C#N)cc1. The zero-order valence-corrected chi connectivity index (χ0v) is 12.3. The molecule has 0 heterocycles. The molecular weight excluding hydrogens is 232 g/mol. The van der Waals surface area contributed by atoms with Gasteiger partial charge in [-0.15, -0.1) is 0 Å². The van der Waals surface area contributed by atoms with Crippen LogP contribution in [0.4, 0.5) is 0 Å². The van der Waals surface area contributed by atoms with Gasteiger partial charge in [0.25, 0.3) is 0 Å². The smallest absolute Gasteiger partial charge is 0.0991 e. The summed E-state index contributed by atoms with van der Waals surface area (Å²) in [5, 5.41) is 12.3. The lowest BCUT2D eigenvalue weighted by Crippen LogP contribution is -2.25. The van der Waals surface area contributed by atoms with E-state index in [2.05, 4.69) is 25.2 Å². The van der Waals surface area contributed by atoms with Crippen LogP contribution in [0.3, 0.4) is 0 Å². The van der Waals surface area contributed by atoms with Crippen LogP contribution in [0.5, 0.6) is 0 Å². The third kappa shape index (κ3) is 6.98. The summed E-state index contributed by atoms with van der Waals surface area (Å²) >= 11 is 0. The maximum absolute atomic E-state index is 8.74. The Morgan fingerprint density at radius 1 is 1.11 bits per heavy atom. The van der Waals surface area contributed by atoms with E-state index in [1.807, 2.05) is 24.3 Å². The van der Waals surface area contributed by atoms with Crippen LogP contribution in [-0.4, -0.2) is 6.04 Å². The Bertz CT molecular complexity index is 375. The first-order valence-corrected chi connectivity index (χ1v) is 7.48. The van der Waals surface area contributed by atoms with Gasteiger partial charge < -0.3 is 5.32 Å². The molecule has 0 saturated carbocycles. The minimum Gasteiger partial charge on any atom is -0.310 e. The summed E-state index contributed by atoms with van der Waals surface area (Å²) in [5.74, 6) is 0. The van der Waals surface area contributed by atoms with Gasteiger partial charge in [0.15, 0.2) is 0 Å². The molecule has 1 unspecified atom stereocenters. The van der Waals surface area contributed by atoms with E-state index >= 15 is 0 Å². The van der Waals surface area contributed by atoms with Crippen LogP contribution in [0.2, 0.25) is 0 Å². The van der Waals surface area contributed by atoms with Crippen molar-refractivity contribution >= 4 is 0 Å². The maximum atomic E-state index is 8.74. The van der Waals surface area contributed by atoms with E-state index in [1.54, 1.807) is 0 Å². The Morgan fingerprint density at radius 3 is 2.42 bits per heavy atom. The van der Waals surface area contributed by atoms with Gasteiger partial charge in [0.1, 0.15) is 0 Å². The first-order valence-electron chi connectivity index (χ1n) is 7.48. The standard InChI is InChI=1S/C17H26N2/c1-3-4-5-6-7-8-15(2)19-14-17-11-9-16(13-18)10-12-17/h9-12,15,19H,3-8,14H2,1-2H3. The topological polar surface area (TPSA) is 35.8 Å². The third-order valence-corrected chi connectivity index (χ3v) is 3.48. The highest BCUT2D eigenvalue weighted by Gasteiger charge is 2.01. The van der Waals surface area contributed by atoms with Gasteiger partial charge in [0, 0.05) is 12.6 Å². The molecule has 1 rings (SSSR count). The molecule has 19 heavy (non-hydrogen) atoms. The normalized spacial score (nSPS) is 12.1. The van der Waals surface area contributed by atoms with Crippen molar-refractivity contribution < 1.29 is 0 Å². The lowest BCUT2D eigenvalue weighted by molar-refractivity contribution is 0.480. The molecule has 0 radical (unpaired) electrons. The van der Waals surface area contributed by atoms with Crippen LogP contribution < -0.4 is 5.32 Å². The Hall–Kier alpha value is -1.33. The molecule has 0 fully saturated rings. The second-order valence-corrected chi connectivity index (χ2v) is 5.29. The van der Waals surface area contributed by atoms with Gasteiger partial charge in [-0.1, -0.05) is 51.2 Å². The largest absolute Gasteiger partial charge is 0.310 e. The van der Waals surface area contributed by atoms with Crippen LogP contribution in [0.15, 0.2) is 24.3 Å². The zero-order valence-electron chi connectivity index (χ0n) is 12.3. The average Bonchev–Trinajstić information content (AvgIpc) is 2.45. The number of hydrogen-bond acceptors (Lipinski definition) is 2. The van der Waals surface area contributed by atoms with E-state index in [-0.39, 0.29) is 0 Å². The molecule has 0 aromatic heterocycles. The zero-order chi connectivity index (χ0) is 13.9. The molecule has 0 bridgehead atoms. The summed E-state index contributed by atoms with van der Waals surface area (Å²) in [6.45, 7) is 5.40. The van der Waals surface area contributed by atoms with E-state index in [4.69, 9.17) is 5.26 Å². The van der Waals surface area contributed by atoms with Crippen molar-refractivity contribution in [3.63, 3.8) is 0 Å². The van der Waals surface area contributed by atoms with Gasteiger partial charge in [-0.3, -0.25) is 0 Å². The minimum absolute atomic E-state index is 0.567. The number of rotatable bonds is 9. The second kappa shape index (κ2) is 9.58. The molecule has 0 aliphatic rings. The molecular formula is C17H26N2. The van der Waals surface area contributed by atoms with Crippen molar-refractivity contribution in [1.29, 1.82) is 5.26 Å². The van der Waals surface area contributed by atoms with Crippen LogP contribution in [0, 0.1) is 11.3 Å². The van der Waals surface area contributed by atoms with Gasteiger partial charge in [-0.2, -0.15) is 5.26 Å². The second-order valence-electron chi connectivity index (χ2n) is 5.29. The summed E-state index contributed by atoms with van der Waals surface area (Å²) in [6, 6.07) is 10.5. The molecule has 0 amide bonds. The van der Waals surface area contributed by atoms with E-state index in [0.29, 0.717) is 6.04 Å². The molecule has 0 saturated heterocycles. The summed E-state index contributed by atoms with van der Waals surface area (Å²) in [5.41, 5.74) is 1.98. The Kier molecular flexibility index (Phi) is 7.93. The van der Waals surface area contributed by atoms with Gasteiger partial charge in [0.2, 0.25) is 0 Å². The summed E-state index contributed by atoms with van der Waals surface area (Å²) in [7, 11) is 0. The first kappa shape index (κ1) is 15.7. The molecule has 0 aliphatic carbocycles. The third-order valence-electron chi connectivity index (χ3n) is 3.48. The predicted molar refractivity (Wildman–Crippen MR) is 80.8 cm³/mol. The average molecular weight is 258 g/mol. The predicted octanol–water partition coefficient (Wildman–Crippen LogP) is 4.40. The molecule has 0 spiro atoms. The lowest BCUT2D eigenvalue weighted by Gasteiger charge is -2.13. The quantitative estimate of drug-likeness (QED) is 0.666. The van der Waals surface area contributed by atoms with Gasteiger partial charge in [-0.05, 0) is 31.0 Å². The van der Waals surface area contributed by atoms with Crippen LogP contribution in [-0.2, 0) is 6.54 Å². The number of nitriles is 1. The van der Waals surface area contributed by atoms with Gasteiger partial charge in [0.05, 0.1) is 11.6 Å². The molecule has 1 aromatic carbocycles. The van der Waals surface area contributed by atoms with E-state index in [0.717, 1.165) is 12.1 Å². The lowest BCUT2D eigenvalue weighted by atomic mass is 10.1. The van der Waals surface area contributed by atoms with Crippen LogP contribution >= 0.6 is 0 Å². The molecule has 2 heteroatoms. The summed E-state index contributed by atoms with van der Waals surface area (Å²) < 4.78 is 0. The van der Waals surface area contributed by atoms with Crippen LogP contribution in [0.1, 0.15) is 63.5 Å². The van der Waals surface area contributed by atoms with Crippen molar-refractivity contribution in [3.05, 3.63) is 35.4 Å². The summed E-state index contributed by atoms with van der Waals surface area (Å²) in [4.78, 5) is 0. The van der Waals surface area contributed by atoms with Crippen molar-refractivity contribution in [2.24, 2.45) is 0 Å². The fourth-order valence-electron chi connectivity index (χ4n) is 2.15. The van der Waals surface area contributed by atoms with Crippen LogP contribution in [0.25, 0.3) is 0 Å². The number of benzene rings is 1. The number of unbranched alkanes of at least 4 members (excludes halogenated alkanes) is 4. The first-order chi connectivity index (χ1) is 9.26.